The summed E-state index contributed by atoms with van der Waals surface area (Å²) >= 11 is 0. The molecule has 0 fully saturated rings. The van der Waals surface area contributed by atoms with Gasteiger partial charge in [-0.1, -0.05) is 30.3 Å². The fraction of sp³-hybridized carbons (Fsp3) is 0.133. The smallest absolute Gasteiger partial charge is 0.343 e. The highest BCUT2D eigenvalue weighted by Crippen LogP contribution is 2.19. The topological polar surface area (TPSA) is 46.5 Å². The van der Waals surface area contributed by atoms with Gasteiger partial charge in [0, 0.05) is 0 Å². The first kappa shape index (κ1) is 12.3. The van der Waals surface area contributed by atoms with E-state index in [1.54, 1.807) is 55.5 Å². The van der Waals surface area contributed by atoms with E-state index in [1.807, 2.05) is 6.07 Å². The molecular formula is C15H14O3. The molecule has 0 saturated carbocycles. The quantitative estimate of drug-likeness (QED) is 0.665. The predicted octanol–water partition coefficient (Wildman–Crippen LogP) is 2.96. The summed E-state index contributed by atoms with van der Waals surface area (Å²) in [6, 6.07) is 15.7. The van der Waals surface area contributed by atoms with E-state index in [0.29, 0.717) is 16.9 Å². The zero-order chi connectivity index (χ0) is 13.0. The second kappa shape index (κ2) is 5.47. The van der Waals surface area contributed by atoms with Crippen molar-refractivity contribution in [3.63, 3.8) is 0 Å². The van der Waals surface area contributed by atoms with E-state index in [9.17, 15) is 9.90 Å². The Hall–Kier alpha value is -2.13. The molecule has 0 radical (unpaired) electrons. The number of aliphatic hydroxyl groups is 1. The molecule has 0 bridgehead atoms. The van der Waals surface area contributed by atoms with Crippen molar-refractivity contribution >= 4 is 5.97 Å². The first-order valence-corrected chi connectivity index (χ1v) is 5.72. The van der Waals surface area contributed by atoms with E-state index in [0.717, 1.165) is 0 Å². The summed E-state index contributed by atoms with van der Waals surface area (Å²) < 4.78 is 5.24. The third-order valence-electron chi connectivity index (χ3n) is 2.56. The molecule has 1 atom stereocenters. The Labute approximate surface area is 106 Å². The molecule has 0 aliphatic carbocycles. The van der Waals surface area contributed by atoms with Crippen molar-refractivity contribution in [3.8, 4) is 5.75 Å². The molecular weight excluding hydrogens is 228 g/mol. The average molecular weight is 242 g/mol. The van der Waals surface area contributed by atoms with Crippen molar-refractivity contribution in [2.24, 2.45) is 0 Å². The van der Waals surface area contributed by atoms with Crippen LogP contribution >= 0.6 is 0 Å². The number of benzene rings is 2. The Kier molecular flexibility index (Phi) is 3.75. The van der Waals surface area contributed by atoms with E-state index in [1.165, 1.54) is 0 Å². The zero-order valence-corrected chi connectivity index (χ0v) is 10.0. The summed E-state index contributed by atoms with van der Waals surface area (Å²) in [5, 5.41) is 9.46. The first-order chi connectivity index (χ1) is 8.66. The number of esters is 1. The number of rotatable bonds is 3. The maximum absolute atomic E-state index is 11.8. The molecule has 2 rings (SSSR count). The van der Waals surface area contributed by atoms with Crippen LogP contribution in [0.4, 0.5) is 0 Å². The number of carbonyl (C=O) groups is 1. The Bertz CT molecular complexity index is 532. The minimum Gasteiger partial charge on any atom is -0.423 e. The van der Waals surface area contributed by atoms with Gasteiger partial charge in [0.1, 0.15) is 5.75 Å². The van der Waals surface area contributed by atoms with Gasteiger partial charge >= 0.3 is 5.97 Å². The minimum atomic E-state index is -0.583. The molecule has 0 saturated heterocycles. The lowest BCUT2D eigenvalue weighted by atomic mass is 10.1. The normalized spacial score (nSPS) is 11.9. The first-order valence-electron chi connectivity index (χ1n) is 5.72. The molecule has 0 heterocycles. The SMILES string of the molecule is CC(O)c1cccc(OC(=O)c2ccccc2)c1. The summed E-state index contributed by atoms with van der Waals surface area (Å²) in [4.78, 5) is 11.8. The van der Waals surface area contributed by atoms with Gasteiger partial charge in [-0.25, -0.2) is 4.79 Å². The molecule has 0 aromatic heterocycles. The highest BCUT2D eigenvalue weighted by molar-refractivity contribution is 5.90. The molecule has 2 aromatic carbocycles. The van der Waals surface area contributed by atoms with Crippen LogP contribution in [0.1, 0.15) is 28.9 Å². The van der Waals surface area contributed by atoms with Crippen molar-refractivity contribution in [2.45, 2.75) is 13.0 Å². The Morgan fingerprint density at radius 3 is 2.50 bits per heavy atom. The van der Waals surface area contributed by atoms with Gasteiger partial charge in [-0.2, -0.15) is 0 Å². The van der Waals surface area contributed by atoms with E-state index in [4.69, 9.17) is 4.74 Å². The third-order valence-corrected chi connectivity index (χ3v) is 2.56. The molecule has 18 heavy (non-hydrogen) atoms. The Morgan fingerprint density at radius 1 is 1.11 bits per heavy atom. The monoisotopic (exact) mass is 242 g/mol. The van der Waals surface area contributed by atoms with Gasteiger partial charge in [0.25, 0.3) is 0 Å². The predicted molar refractivity (Wildman–Crippen MR) is 68.5 cm³/mol. The van der Waals surface area contributed by atoms with Crippen LogP contribution in [0.25, 0.3) is 0 Å². The summed E-state index contributed by atoms with van der Waals surface area (Å²) in [5.74, 6) is 0.0283. The largest absolute Gasteiger partial charge is 0.423 e. The lowest BCUT2D eigenvalue weighted by Gasteiger charge is -2.08. The second-order valence-electron chi connectivity index (χ2n) is 4.00. The van der Waals surface area contributed by atoms with Crippen LogP contribution in [0.3, 0.4) is 0 Å². The molecule has 2 aromatic rings. The summed E-state index contributed by atoms with van der Waals surface area (Å²) in [6.45, 7) is 1.66. The molecule has 0 amide bonds. The molecule has 1 unspecified atom stereocenters. The van der Waals surface area contributed by atoms with Gasteiger partial charge in [-0.05, 0) is 36.8 Å². The molecule has 3 nitrogen and oxygen atoms in total. The fourth-order valence-electron chi connectivity index (χ4n) is 1.58. The highest BCUT2D eigenvalue weighted by Gasteiger charge is 2.09. The van der Waals surface area contributed by atoms with Crippen LogP contribution in [0.15, 0.2) is 54.6 Å². The summed E-state index contributed by atoms with van der Waals surface area (Å²) in [7, 11) is 0. The number of hydrogen-bond donors (Lipinski definition) is 1. The van der Waals surface area contributed by atoms with Gasteiger partial charge < -0.3 is 9.84 Å². The molecule has 92 valence electrons. The molecule has 3 heteroatoms. The van der Waals surface area contributed by atoms with Crippen molar-refractivity contribution in [1.82, 2.24) is 0 Å². The molecule has 0 aliphatic heterocycles. The van der Waals surface area contributed by atoms with Crippen LogP contribution in [0, 0.1) is 0 Å². The van der Waals surface area contributed by atoms with Crippen molar-refractivity contribution in [2.75, 3.05) is 0 Å². The second-order valence-corrected chi connectivity index (χ2v) is 4.00. The van der Waals surface area contributed by atoms with Crippen LogP contribution in [0.5, 0.6) is 5.75 Å². The van der Waals surface area contributed by atoms with Gasteiger partial charge in [0.15, 0.2) is 0 Å². The van der Waals surface area contributed by atoms with E-state index in [2.05, 4.69) is 0 Å². The van der Waals surface area contributed by atoms with Crippen LogP contribution in [-0.2, 0) is 0 Å². The highest BCUT2D eigenvalue weighted by atomic mass is 16.5. The maximum Gasteiger partial charge on any atom is 0.343 e. The van der Waals surface area contributed by atoms with Crippen molar-refractivity contribution in [3.05, 3.63) is 65.7 Å². The summed E-state index contributed by atoms with van der Waals surface area (Å²) in [5.41, 5.74) is 1.22. The van der Waals surface area contributed by atoms with Gasteiger partial charge in [-0.15, -0.1) is 0 Å². The molecule has 1 N–H and O–H groups in total. The van der Waals surface area contributed by atoms with Crippen LogP contribution in [-0.4, -0.2) is 11.1 Å². The molecule has 0 spiro atoms. The lowest BCUT2D eigenvalue weighted by molar-refractivity contribution is 0.0734. The average Bonchev–Trinajstić information content (AvgIpc) is 2.40. The van der Waals surface area contributed by atoms with Crippen molar-refractivity contribution in [1.29, 1.82) is 0 Å². The fourth-order valence-corrected chi connectivity index (χ4v) is 1.58. The van der Waals surface area contributed by atoms with E-state index < -0.39 is 12.1 Å². The van der Waals surface area contributed by atoms with Gasteiger partial charge in [0.05, 0.1) is 11.7 Å². The molecule has 0 aliphatic rings. The number of carbonyl (C=O) groups excluding carboxylic acids is 1. The van der Waals surface area contributed by atoms with E-state index >= 15 is 0 Å². The summed E-state index contributed by atoms with van der Waals surface area (Å²) in [6.07, 6.45) is -0.583. The van der Waals surface area contributed by atoms with Crippen molar-refractivity contribution < 1.29 is 14.6 Å². The number of hydrogen-bond acceptors (Lipinski definition) is 3. The Balaban J connectivity index is 2.15. The Morgan fingerprint density at radius 2 is 1.83 bits per heavy atom. The van der Waals surface area contributed by atoms with Gasteiger partial charge in [0.2, 0.25) is 0 Å². The van der Waals surface area contributed by atoms with Crippen LogP contribution in [0.2, 0.25) is 0 Å². The number of aliphatic hydroxyl groups excluding tert-OH is 1. The maximum atomic E-state index is 11.8. The standard InChI is InChI=1S/C15H14O3/c1-11(16)13-8-5-9-14(10-13)18-15(17)12-6-3-2-4-7-12/h2-11,16H,1H3. The zero-order valence-electron chi connectivity index (χ0n) is 10.0. The third kappa shape index (κ3) is 2.96. The van der Waals surface area contributed by atoms with Crippen LogP contribution < -0.4 is 4.74 Å². The van der Waals surface area contributed by atoms with Gasteiger partial charge in [-0.3, -0.25) is 0 Å². The minimum absolute atomic E-state index is 0.404. The van der Waals surface area contributed by atoms with E-state index in [-0.39, 0.29) is 0 Å². The lowest BCUT2D eigenvalue weighted by Crippen LogP contribution is -2.08. The number of ether oxygens (including phenoxy) is 1.